The highest BCUT2D eigenvalue weighted by atomic mass is 16.5. The Bertz CT molecular complexity index is 2640. The molecule has 8 aromatic rings. The number of para-hydroxylation sites is 2. The normalized spacial score (nSPS) is 12.3. The van der Waals surface area contributed by atoms with E-state index >= 15 is 4.79 Å². The Morgan fingerprint density at radius 3 is 1.63 bits per heavy atom. The molecule has 60 heavy (non-hydrogen) atoms. The Hall–Kier alpha value is -7.01. The van der Waals surface area contributed by atoms with Crippen molar-refractivity contribution in [1.82, 2.24) is 19.1 Å². The number of benzene rings is 6. The van der Waals surface area contributed by atoms with Crippen LogP contribution in [0.2, 0.25) is 0 Å². The van der Waals surface area contributed by atoms with E-state index in [1.165, 1.54) is 4.57 Å². The molecule has 0 aliphatic carbocycles. The number of aliphatic hydroxyl groups is 1. The molecule has 0 aliphatic rings. The first-order valence-corrected chi connectivity index (χ1v) is 19.9. The second-order valence-corrected chi connectivity index (χ2v) is 14.6. The summed E-state index contributed by atoms with van der Waals surface area (Å²) in [5.74, 6) is 0.950. The van der Waals surface area contributed by atoms with Gasteiger partial charge in [-0.3, -0.25) is 9.36 Å². The summed E-state index contributed by atoms with van der Waals surface area (Å²) in [5, 5.41) is 10.8. The van der Waals surface area contributed by atoms with Gasteiger partial charge >= 0.3 is 0 Å². The Morgan fingerprint density at radius 1 is 0.650 bits per heavy atom. The minimum atomic E-state index is -1.29. The zero-order chi connectivity index (χ0) is 41.5. The van der Waals surface area contributed by atoms with Crippen LogP contribution in [0, 0.1) is 5.92 Å². The Balaban J connectivity index is 1.18. The summed E-state index contributed by atoms with van der Waals surface area (Å²) in [7, 11) is 3.27. The summed E-state index contributed by atoms with van der Waals surface area (Å²) < 4.78 is 22.3. The molecule has 0 radical (unpaired) electrons. The predicted molar refractivity (Wildman–Crippen MR) is 234 cm³/mol. The van der Waals surface area contributed by atoms with Crippen LogP contribution in [0.4, 0.5) is 5.95 Å². The summed E-state index contributed by atoms with van der Waals surface area (Å²) >= 11 is 0. The monoisotopic (exact) mass is 797 g/mol. The maximum atomic E-state index is 15.0. The molecule has 8 rings (SSSR count). The van der Waals surface area contributed by atoms with Crippen LogP contribution in [0.25, 0.3) is 11.2 Å². The molecule has 6 aromatic carbocycles. The van der Waals surface area contributed by atoms with Crippen molar-refractivity contribution in [2.24, 2.45) is 5.92 Å². The van der Waals surface area contributed by atoms with Crippen LogP contribution in [-0.2, 0) is 22.4 Å². The van der Waals surface area contributed by atoms with Gasteiger partial charge in [0.15, 0.2) is 11.2 Å². The van der Waals surface area contributed by atoms with Gasteiger partial charge in [0, 0.05) is 30.2 Å². The highest BCUT2D eigenvalue weighted by molar-refractivity contribution is 5.72. The second kappa shape index (κ2) is 17.5. The van der Waals surface area contributed by atoms with Crippen LogP contribution in [0.1, 0.15) is 39.8 Å². The van der Waals surface area contributed by atoms with Gasteiger partial charge in [-0.1, -0.05) is 158 Å². The molecule has 0 bridgehead atoms. The number of aryl methyl sites for hydroxylation is 1. The van der Waals surface area contributed by atoms with E-state index in [0.29, 0.717) is 35.7 Å². The molecule has 0 aliphatic heterocycles. The zero-order valence-corrected chi connectivity index (χ0v) is 33.6. The number of hydrogen-bond donors (Lipinski definition) is 2. The van der Waals surface area contributed by atoms with E-state index in [1.54, 1.807) is 20.5 Å². The molecule has 0 saturated heterocycles. The number of nitrogen functional groups attached to an aromatic ring is 1. The summed E-state index contributed by atoms with van der Waals surface area (Å²) in [6, 6.07) is 55.1. The van der Waals surface area contributed by atoms with E-state index in [0.717, 1.165) is 27.8 Å². The number of anilines is 1. The van der Waals surface area contributed by atoms with E-state index in [4.69, 9.17) is 24.9 Å². The van der Waals surface area contributed by atoms with Gasteiger partial charge in [-0.05, 0) is 40.8 Å². The van der Waals surface area contributed by atoms with Crippen molar-refractivity contribution >= 4 is 17.1 Å². The molecule has 3 N–H and O–H groups in total. The Labute approximate surface area is 349 Å². The van der Waals surface area contributed by atoms with Crippen molar-refractivity contribution in [2.45, 2.75) is 24.1 Å². The van der Waals surface area contributed by atoms with Crippen LogP contribution < -0.4 is 20.8 Å². The number of fused-ring (bicyclic) bond motifs is 1. The molecule has 10 nitrogen and oxygen atoms in total. The SMILES string of the molecule is COc1ccccc1C(OCC(CO)CCn1cnc2c(=O)n(C(c3ccccc3)(c3ccccc3)c3ccccc3OC)c(N)nc21)(c1ccccc1)c1ccccc1. The lowest BCUT2D eigenvalue weighted by molar-refractivity contribution is -0.0219. The first kappa shape index (κ1) is 39.8. The van der Waals surface area contributed by atoms with E-state index in [2.05, 4.69) is 4.98 Å². The van der Waals surface area contributed by atoms with Crippen LogP contribution >= 0.6 is 0 Å². The molecule has 2 heterocycles. The zero-order valence-electron chi connectivity index (χ0n) is 33.6. The number of ether oxygens (including phenoxy) is 3. The van der Waals surface area contributed by atoms with Gasteiger partial charge in [0.25, 0.3) is 5.56 Å². The maximum Gasteiger partial charge on any atom is 0.284 e. The van der Waals surface area contributed by atoms with Gasteiger partial charge in [-0.15, -0.1) is 0 Å². The van der Waals surface area contributed by atoms with Crippen molar-refractivity contribution in [3.05, 3.63) is 220 Å². The molecule has 0 amide bonds. The fourth-order valence-electron chi connectivity index (χ4n) is 8.45. The third-order valence-corrected chi connectivity index (χ3v) is 11.3. The third-order valence-electron chi connectivity index (χ3n) is 11.3. The summed E-state index contributed by atoms with van der Waals surface area (Å²) in [5.41, 5.74) is 9.69. The fraction of sp³-hybridized carbons (Fsp3) is 0.180. The highest BCUT2D eigenvalue weighted by Crippen LogP contribution is 2.46. The van der Waals surface area contributed by atoms with Crippen molar-refractivity contribution in [2.75, 3.05) is 33.2 Å². The number of nitrogens with zero attached hydrogens (tertiary/aromatic N) is 4. The quantitative estimate of drug-likeness (QED) is 0.0942. The van der Waals surface area contributed by atoms with Crippen LogP contribution in [0.3, 0.4) is 0 Å². The first-order chi connectivity index (χ1) is 29.5. The standard InChI is InChI=1S/C50H47N5O5/c1-58-43-29-17-15-27-41(43)49(37-19-7-3-8-20-37,38-21-9-4-10-22-38)55-47(57)45-46(53-48(55)51)54(35-52-45)32-31-36(33-56)34-60-50(39-23-11-5-12-24-39,40-25-13-6-14-26-40)42-28-16-18-30-44(42)59-2/h3-30,35-36,56H,31-34H2,1-2H3,(H2,51,53). The lowest BCUT2D eigenvalue weighted by Gasteiger charge is -2.38. The van der Waals surface area contributed by atoms with Crippen molar-refractivity contribution in [1.29, 1.82) is 0 Å². The topological polar surface area (TPSA) is 127 Å². The largest absolute Gasteiger partial charge is 0.496 e. The summed E-state index contributed by atoms with van der Waals surface area (Å²) in [6.07, 6.45) is 2.10. The number of imidazole rings is 1. The van der Waals surface area contributed by atoms with Crippen LogP contribution in [0.15, 0.2) is 181 Å². The minimum Gasteiger partial charge on any atom is -0.496 e. The van der Waals surface area contributed by atoms with Crippen molar-refractivity contribution in [3.8, 4) is 11.5 Å². The molecular weight excluding hydrogens is 751 g/mol. The summed E-state index contributed by atoms with van der Waals surface area (Å²) in [6.45, 7) is 0.438. The Kier molecular flexibility index (Phi) is 11.6. The molecule has 2 aromatic heterocycles. The lowest BCUT2D eigenvalue weighted by Crippen LogP contribution is -2.46. The maximum absolute atomic E-state index is 15.0. The van der Waals surface area contributed by atoms with E-state index in [9.17, 15) is 5.11 Å². The molecule has 10 heteroatoms. The van der Waals surface area contributed by atoms with E-state index in [1.807, 2.05) is 174 Å². The number of nitrogens with two attached hydrogens (primary N) is 1. The predicted octanol–water partition coefficient (Wildman–Crippen LogP) is 8.04. The number of rotatable bonds is 16. The molecule has 0 saturated carbocycles. The van der Waals surface area contributed by atoms with Gasteiger partial charge in [0.05, 0.1) is 27.2 Å². The van der Waals surface area contributed by atoms with E-state index < -0.39 is 16.7 Å². The van der Waals surface area contributed by atoms with Crippen molar-refractivity contribution < 1.29 is 19.3 Å². The van der Waals surface area contributed by atoms with Gasteiger partial charge in [0.1, 0.15) is 22.6 Å². The molecule has 0 fully saturated rings. The molecule has 1 atom stereocenters. The van der Waals surface area contributed by atoms with Crippen LogP contribution in [-0.4, -0.2) is 51.6 Å². The Morgan fingerprint density at radius 2 is 1.12 bits per heavy atom. The van der Waals surface area contributed by atoms with Gasteiger partial charge in [-0.2, -0.15) is 4.98 Å². The number of methoxy groups -OCH3 is 2. The van der Waals surface area contributed by atoms with E-state index in [-0.39, 0.29) is 30.6 Å². The highest BCUT2D eigenvalue weighted by Gasteiger charge is 2.44. The number of aromatic nitrogens is 4. The molecule has 1 unspecified atom stereocenters. The van der Waals surface area contributed by atoms with Gasteiger partial charge in [-0.25, -0.2) is 4.98 Å². The molecular formula is C50H47N5O5. The lowest BCUT2D eigenvalue weighted by atomic mass is 9.76. The molecule has 0 spiro atoms. The number of aliphatic hydroxyl groups excluding tert-OH is 1. The smallest absolute Gasteiger partial charge is 0.284 e. The van der Waals surface area contributed by atoms with Gasteiger partial charge < -0.3 is 29.6 Å². The summed E-state index contributed by atoms with van der Waals surface area (Å²) in [4.78, 5) is 24.6. The average Bonchev–Trinajstić information content (AvgIpc) is 3.73. The van der Waals surface area contributed by atoms with Crippen molar-refractivity contribution in [3.63, 3.8) is 0 Å². The molecule has 302 valence electrons. The number of hydrogen-bond acceptors (Lipinski definition) is 8. The average molecular weight is 798 g/mol. The van der Waals surface area contributed by atoms with Gasteiger partial charge in [0.2, 0.25) is 5.95 Å². The van der Waals surface area contributed by atoms with Crippen LogP contribution in [0.5, 0.6) is 11.5 Å². The minimum absolute atomic E-state index is 0.00205. The first-order valence-electron chi connectivity index (χ1n) is 19.9. The second-order valence-electron chi connectivity index (χ2n) is 14.6. The third kappa shape index (κ3) is 6.99. The fourth-order valence-corrected chi connectivity index (χ4v) is 8.45.